The number of ketones is 2. The predicted molar refractivity (Wildman–Crippen MR) is 109 cm³/mol. The van der Waals surface area contributed by atoms with Crippen molar-refractivity contribution < 1.29 is 37.1 Å². The number of halogens is 4. The van der Waals surface area contributed by atoms with E-state index in [-0.39, 0.29) is 54.7 Å². The fourth-order valence-electron chi connectivity index (χ4n) is 7.01. The van der Waals surface area contributed by atoms with Gasteiger partial charge in [0, 0.05) is 61.9 Å². The van der Waals surface area contributed by atoms with E-state index in [2.05, 4.69) is 0 Å². The van der Waals surface area contributed by atoms with E-state index < -0.39 is 47.4 Å². The number of carbonyl (C=O) groups excluding carboxylic acids is 3. The Labute approximate surface area is 186 Å². The molecule has 0 heterocycles. The molecule has 0 saturated heterocycles. The van der Waals surface area contributed by atoms with Crippen LogP contribution in [0.2, 0.25) is 0 Å². The standard InChI is InChI=1S/C12H18F2O2.C12H16F2O2/c2*1-6-3-10(16)8-4-12(13,14)7(2)9(5-15)11(6)8/h6-9,11,15H,3-5H2,1-2H3;5-9,11H,3-4H2,1-2H3/t2*6-,7-,8-,9-,11+/m00/s1. The van der Waals surface area contributed by atoms with Crippen molar-refractivity contribution in [1.82, 2.24) is 0 Å². The van der Waals surface area contributed by atoms with Gasteiger partial charge >= 0.3 is 0 Å². The highest BCUT2D eigenvalue weighted by Crippen LogP contribution is 2.55. The van der Waals surface area contributed by atoms with Gasteiger partial charge in [0.05, 0.1) is 0 Å². The second-order valence-corrected chi connectivity index (χ2v) is 10.7. The van der Waals surface area contributed by atoms with Crippen LogP contribution in [-0.2, 0) is 14.4 Å². The van der Waals surface area contributed by atoms with Gasteiger partial charge < -0.3 is 9.90 Å². The summed E-state index contributed by atoms with van der Waals surface area (Å²) in [6, 6.07) is 0. The summed E-state index contributed by atoms with van der Waals surface area (Å²) in [6.07, 6.45) is 0.687. The van der Waals surface area contributed by atoms with Crippen LogP contribution in [-0.4, -0.2) is 41.4 Å². The summed E-state index contributed by atoms with van der Waals surface area (Å²) in [6.45, 7) is 6.49. The molecular weight excluding hydrogens is 428 g/mol. The third kappa shape index (κ3) is 4.16. The molecule has 182 valence electrons. The topological polar surface area (TPSA) is 71.4 Å². The van der Waals surface area contributed by atoms with Crippen LogP contribution in [0.15, 0.2) is 0 Å². The number of carbonyl (C=O) groups is 3. The average molecular weight is 463 g/mol. The molecule has 0 radical (unpaired) electrons. The summed E-state index contributed by atoms with van der Waals surface area (Å²) in [5, 5.41) is 9.30. The number of aliphatic hydroxyl groups excluding tert-OH is 1. The van der Waals surface area contributed by atoms with Crippen molar-refractivity contribution in [2.45, 2.75) is 65.2 Å². The van der Waals surface area contributed by atoms with Gasteiger partial charge in [0.15, 0.2) is 0 Å². The highest BCUT2D eigenvalue weighted by Gasteiger charge is 2.59. The lowest BCUT2D eigenvalue weighted by Crippen LogP contribution is -2.48. The number of Topliss-reactive ketones (excluding diaryl/α,β-unsaturated/α-hetero) is 2. The molecule has 4 saturated carbocycles. The van der Waals surface area contributed by atoms with Crippen molar-refractivity contribution in [1.29, 1.82) is 0 Å². The number of aliphatic hydroxyl groups is 1. The van der Waals surface area contributed by atoms with E-state index in [0.717, 1.165) is 0 Å². The Bertz CT molecular complexity index is 754. The maximum atomic E-state index is 13.7. The summed E-state index contributed by atoms with van der Waals surface area (Å²) in [7, 11) is 0. The van der Waals surface area contributed by atoms with E-state index in [4.69, 9.17) is 0 Å². The van der Waals surface area contributed by atoms with Crippen molar-refractivity contribution in [2.24, 2.45) is 59.2 Å². The summed E-state index contributed by atoms with van der Waals surface area (Å²) in [4.78, 5) is 34.3. The lowest BCUT2D eigenvalue weighted by atomic mass is 9.65. The molecule has 0 spiro atoms. The van der Waals surface area contributed by atoms with Gasteiger partial charge in [0.1, 0.15) is 17.9 Å². The maximum absolute atomic E-state index is 13.7. The van der Waals surface area contributed by atoms with Gasteiger partial charge in [-0.15, -0.1) is 0 Å². The van der Waals surface area contributed by atoms with E-state index in [1.807, 2.05) is 13.8 Å². The smallest absolute Gasteiger partial charge is 0.252 e. The van der Waals surface area contributed by atoms with Gasteiger partial charge in [0.25, 0.3) is 11.8 Å². The fourth-order valence-corrected chi connectivity index (χ4v) is 7.01. The quantitative estimate of drug-likeness (QED) is 0.487. The van der Waals surface area contributed by atoms with Gasteiger partial charge in [-0.1, -0.05) is 27.7 Å². The van der Waals surface area contributed by atoms with Crippen molar-refractivity contribution >= 4 is 17.9 Å². The Hall–Kier alpha value is -1.31. The zero-order valence-corrected chi connectivity index (χ0v) is 19.1. The molecule has 0 aliphatic heterocycles. The Morgan fingerprint density at radius 3 is 1.75 bits per heavy atom. The molecule has 0 amide bonds. The molecule has 0 aromatic heterocycles. The first-order chi connectivity index (χ1) is 14.8. The monoisotopic (exact) mass is 462 g/mol. The summed E-state index contributed by atoms with van der Waals surface area (Å²) in [5.41, 5.74) is 0. The fraction of sp³-hybridized carbons (Fsp3) is 0.875. The van der Waals surface area contributed by atoms with Crippen LogP contribution >= 0.6 is 0 Å². The zero-order valence-electron chi connectivity index (χ0n) is 19.1. The van der Waals surface area contributed by atoms with Crippen LogP contribution in [0.25, 0.3) is 0 Å². The molecule has 0 unspecified atom stereocenters. The Kier molecular flexibility index (Phi) is 6.96. The Balaban J connectivity index is 0.000000181. The average Bonchev–Trinajstić information content (AvgIpc) is 3.12. The van der Waals surface area contributed by atoms with E-state index in [9.17, 15) is 37.1 Å². The van der Waals surface area contributed by atoms with Crippen LogP contribution in [0.3, 0.4) is 0 Å². The minimum Gasteiger partial charge on any atom is -0.396 e. The highest BCUT2D eigenvalue weighted by molar-refractivity contribution is 5.85. The van der Waals surface area contributed by atoms with Crippen LogP contribution in [0.1, 0.15) is 53.4 Å². The summed E-state index contributed by atoms with van der Waals surface area (Å²) in [5.74, 6) is -9.85. The zero-order chi connectivity index (χ0) is 24.2. The van der Waals surface area contributed by atoms with E-state index in [1.165, 1.54) is 13.8 Å². The number of rotatable bonds is 2. The maximum Gasteiger partial charge on any atom is 0.252 e. The third-order valence-corrected chi connectivity index (χ3v) is 8.96. The molecule has 8 heteroatoms. The van der Waals surface area contributed by atoms with Gasteiger partial charge in [-0.05, 0) is 29.6 Å². The molecule has 4 fully saturated rings. The first kappa shape index (κ1) is 25.3. The molecule has 0 aromatic rings. The lowest BCUT2D eigenvalue weighted by Gasteiger charge is -2.43. The normalized spacial score (nSPS) is 46.7. The number of alkyl halides is 4. The molecule has 10 atom stereocenters. The highest BCUT2D eigenvalue weighted by atomic mass is 19.3. The number of aldehydes is 1. The second-order valence-electron chi connectivity index (χ2n) is 10.7. The largest absolute Gasteiger partial charge is 0.396 e. The van der Waals surface area contributed by atoms with Gasteiger partial charge in [-0.3, -0.25) is 9.59 Å². The van der Waals surface area contributed by atoms with Crippen molar-refractivity contribution in [3.63, 3.8) is 0 Å². The molecule has 0 aromatic carbocycles. The van der Waals surface area contributed by atoms with Gasteiger partial charge in [-0.2, -0.15) is 0 Å². The minimum atomic E-state index is -2.88. The molecule has 0 bridgehead atoms. The minimum absolute atomic E-state index is 0.0393. The molecular formula is C24H34F4O4. The van der Waals surface area contributed by atoms with Gasteiger partial charge in [-0.25, -0.2) is 17.6 Å². The van der Waals surface area contributed by atoms with Gasteiger partial charge in [0.2, 0.25) is 0 Å². The van der Waals surface area contributed by atoms with Crippen LogP contribution in [0.4, 0.5) is 17.6 Å². The molecule has 4 nitrogen and oxygen atoms in total. The number of hydrogen-bond acceptors (Lipinski definition) is 4. The van der Waals surface area contributed by atoms with Crippen LogP contribution < -0.4 is 0 Å². The Morgan fingerprint density at radius 1 is 0.844 bits per heavy atom. The first-order valence-corrected chi connectivity index (χ1v) is 11.6. The molecule has 32 heavy (non-hydrogen) atoms. The summed E-state index contributed by atoms with van der Waals surface area (Å²) >= 11 is 0. The Morgan fingerprint density at radius 2 is 1.28 bits per heavy atom. The first-order valence-electron chi connectivity index (χ1n) is 11.6. The van der Waals surface area contributed by atoms with Crippen LogP contribution in [0, 0.1) is 59.2 Å². The van der Waals surface area contributed by atoms with Crippen molar-refractivity contribution in [3.05, 3.63) is 0 Å². The molecule has 1 N–H and O–H groups in total. The van der Waals surface area contributed by atoms with Crippen molar-refractivity contribution in [2.75, 3.05) is 6.61 Å². The molecule has 4 aliphatic carbocycles. The van der Waals surface area contributed by atoms with Crippen LogP contribution in [0.5, 0.6) is 0 Å². The van der Waals surface area contributed by atoms with E-state index in [1.54, 1.807) is 0 Å². The van der Waals surface area contributed by atoms with E-state index >= 15 is 0 Å². The second kappa shape index (κ2) is 8.80. The predicted octanol–water partition coefficient (Wildman–Crippen LogP) is 4.43. The third-order valence-electron chi connectivity index (χ3n) is 8.96. The SMILES string of the molecule is C[C@H]1CC(=O)[C@@H]2CC(F)(F)[C@@H](C)[C@H](C=O)[C@H]12.C[C@H]1CC(=O)[C@@H]2CC(F)(F)[C@@H](C)[C@H](CO)[C@H]12. The van der Waals surface area contributed by atoms with E-state index in [0.29, 0.717) is 19.1 Å². The lowest BCUT2D eigenvalue weighted by molar-refractivity contribution is -0.156. The molecule has 4 rings (SSSR count). The molecule has 4 aliphatic rings. The van der Waals surface area contributed by atoms with Crippen molar-refractivity contribution in [3.8, 4) is 0 Å². The number of fused-ring (bicyclic) bond motifs is 2. The summed E-state index contributed by atoms with van der Waals surface area (Å²) < 4.78 is 54.7. The number of hydrogen-bond donors (Lipinski definition) is 1.